The van der Waals surface area contributed by atoms with Crippen molar-refractivity contribution in [3.05, 3.63) is 81.8 Å². The highest BCUT2D eigenvalue weighted by Gasteiger charge is 2.37. The number of carbonyl (C=O) groups is 3. The molecule has 4 rings (SSSR count). The predicted molar refractivity (Wildman–Crippen MR) is 159 cm³/mol. The van der Waals surface area contributed by atoms with Gasteiger partial charge >= 0.3 is 6.03 Å². The van der Waals surface area contributed by atoms with Gasteiger partial charge < -0.3 is 18.9 Å². The van der Waals surface area contributed by atoms with Crippen LogP contribution in [0.15, 0.2) is 70.7 Å². The van der Waals surface area contributed by atoms with Crippen LogP contribution >= 0.6 is 15.9 Å². The second-order valence-electron chi connectivity index (χ2n) is 9.27. The van der Waals surface area contributed by atoms with E-state index in [0.29, 0.717) is 45.5 Å². The van der Waals surface area contributed by atoms with Crippen molar-refractivity contribution in [3.8, 4) is 23.0 Å². The molecular weight excluding hydrogens is 592 g/mol. The molecule has 0 bridgehead atoms. The maximum Gasteiger partial charge on any atom is 0.335 e. The zero-order chi connectivity index (χ0) is 29.5. The first-order chi connectivity index (χ1) is 19.7. The standard InChI is InChI=1S/C31H31BrN2O7/c1-5-19(2)21-6-10-24(11-7-21)40-14-15-41-28-26(32)17-20(18-27(28)39-4)16-25-29(35)33-31(37)34(30(25)36)22-8-12-23(38-3)13-9-22/h6-13,16-19H,5,14-15H2,1-4H3,(H,33,35,37)/b25-16-/t19-/m0/s1. The summed E-state index contributed by atoms with van der Waals surface area (Å²) < 4.78 is 22.9. The van der Waals surface area contributed by atoms with Crippen molar-refractivity contribution in [1.82, 2.24) is 5.32 Å². The normalized spacial score (nSPS) is 15.0. The highest BCUT2D eigenvalue weighted by molar-refractivity contribution is 9.10. The molecule has 0 unspecified atom stereocenters. The van der Waals surface area contributed by atoms with E-state index in [0.717, 1.165) is 17.1 Å². The molecule has 1 N–H and O–H groups in total. The number of hydrogen-bond donors (Lipinski definition) is 1. The number of rotatable bonds is 11. The first-order valence-corrected chi connectivity index (χ1v) is 13.8. The summed E-state index contributed by atoms with van der Waals surface area (Å²) in [4.78, 5) is 39.2. The Bertz CT molecular complexity index is 1450. The molecule has 1 aliphatic rings. The Labute approximate surface area is 247 Å². The smallest absolute Gasteiger partial charge is 0.335 e. The minimum Gasteiger partial charge on any atom is -0.497 e. The molecule has 10 heteroatoms. The molecule has 0 spiro atoms. The topological polar surface area (TPSA) is 103 Å². The Morgan fingerprint density at radius 2 is 1.56 bits per heavy atom. The number of barbiturate groups is 1. The third kappa shape index (κ3) is 6.89. The third-order valence-electron chi connectivity index (χ3n) is 6.66. The van der Waals surface area contributed by atoms with Crippen molar-refractivity contribution in [1.29, 1.82) is 0 Å². The number of benzene rings is 3. The van der Waals surface area contributed by atoms with E-state index in [1.54, 1.807) is 36.4 Å². The second-order valence-corrected chi connectivity index (χ2v) is 10.1. The summed E-state index contributed by atoms with van der Waals surface area (Å²) >= 11 is 3.49. The first-order valence-electron chi connectivity index (χ1n) is 13.0. The number of halogens is 1. The van der Waals surface area contributed by atoms with Gasteiger partial charge in [-0.1, -0.05) is 26.0 Å². The highest BCUT2D eigenvalue weighted by atomic mass is 79.9. The van der Waals surface area contributed by atoms with Crippen LogP contribution in [0, 0.1) is 0 Å². The molecule has 1 fully saturated rings. The summed E-state index contributed by atoms with van der Waals surface area (Å²) in [7, 11) is 3.00. The van der Waals surface area contributed by atoms with Crippen molar-refractivity contribution >= 4 is 45.5 Å². The highest BCUT2D eigenvalue weighted by Crippen LogP contribution is 2.37. The molecule has 9 nitrogen and oxygen atoms in total. The van der Waals surface area contributed by atoms with Crippen molar-refractivity contribution in [2.24, 2.45) is 0 Å². The number of carbonyl (C=O) groups excluding carboxylic acids is 3. The fourth-order valence-electron chi connectivity index (χ4n) is 4.18. The number of methoxy groups -OCH3 is 2. The Kier molecular flexibility index (Phi) is 9.67. The summed E-state index contributed by atoms with van der Waals surface area (Å²) in [6.07, 6.45) is 2.47. The number of ether oxygens (including phenoxy) is 4. The number of nitrogens with one attached hydrogen (secondary N) is 1. The molecule has 3 aromatic rings. The van der Waals surface area contributed by atoms with Crippen LogP contribution in [0.25, 0.3) is 6.08 Å². The molecule has 0 radical (unpaired) electrons. The number of amides is 4. The van der Waals surface area contributed by atoms with Crippen LogP contribution in [0.4, 0.5) is 10.5 Å². The van der Waals surface area contributed by atoms with Crippen molar-refractivity contribution < 1.29 is 33.3 Å². The third-order valence-corrected chi connectivity index (χ3v) is 7.24. The lowest BCUT2D eigenvalue weighted by atomic mass is 9.99. The zero-order valence-corrected chi connectivity index (χ0v) is 24.8. The fraction of sp³-hybridized carbons (Fsp3) is 0.258. The molecule has 41 heavy (non-hydrogen) atoms. The van der Waals surface area contributed by atoms with Gasteiger partial charge in [-0.2, -0.15) is 0 Å². The largest absolute Gasteiger partial charge is 0.497 e. The minimum atomic E-state index is -0.835. The van der Waals surface area contributed by atoms with E-state index in [9.17, 15) is 14.4 Å². The number of hydrogen-bond acceptors (Lipinski definition) is 7. The zero-order valence-electron chi connectivity index (χ0n) is 23.2. The van der Waals surface area contributed by atoms with Gasteiger partial charge in [-0.25, -0.2) is 9.69 Å². The number of nitrogens with zero attached hydrogens (tertiary/aromatic N) is 1. The van der Waals surface area contributed by atoms with Gasteiger partial charge in [0.1, 0.15) is 30.3 Å². The Morgan fingerprint density at radius 1 is 0.902 bits per heavy atom. The summed E-state index contributed by atoms with van der Waals surface area (Å²) in [5, 5.41) is 2.22. The van der Waals surface area contributed by atoms with Crippen molar-refractivity contribution in [2.75, 3.05) is 32.3 Å². The number of imide groups is 2. The maximum absolute atomic E-state index is 13.2. The predicted octanol–water partition coefficient (Wildman–Crippen LogP) is 6.10. The molecule has 1 atom stereocenters. The van der Waals surface area contributed by atoms with Gasteiger partial charge in [0.05, 0.1) is 24.4 Å². The van der Waals surface area contributed by atoms with Gasteiger partial charge in [0.25, 0.3) is 11.8 Å². The molecule has 1 aliphatic heterocycles. The second kappa shape index (κ2) is 13.4. The Balaban J connectivity index is 1.47. The molecule has 214 valence electrons. The SMILES string of the molecule is CC[C@H](C)c1ccc(OCCOc2c(Br)cc(/C=C3/C(=O)NC(=O)N(c4ccc(OC)cc4)C3=O)cc2OC)cc1. The molecular formula is C31H31BrN2O7. The van der Waals surface area contributed by atoms with Crippen LogP contribution in [-0.2, 0) is 9.59 Å². The van der Waals surface area contributed by atoms with Crippen LogP contribution < -0.4 is 29.2 Å². The minimum absolute atomic E-state index is 0.212. The van der Waals surface area contributed by atoms with Crippen molar-refractivity contribution in [2.45, 2.75) is 26.2 Å². The van der Waals surface area contributed by atoms with Crippen LogP contribution in [0.2, 0.25) is 0 Å². The Morgan fingerprint density at radius 3 is 2.20 bits per heavy atom. The van der Waals surface area contributed by atoms with Gasteiger partial charge in [-0.15, -0.1) is 0 Å². The molecule has 4 amide bonds. The monoisotopic (exact) mass is 622 g/mol. The summed E-state index contributed by atoms with van der Waals surface area (Å²) in [5.41, 5.74) is 1.84. The molecule has 0 saturated carbocycles. The summed E-state index contributed by atoms with van der Waals surface area (Å²) in [6, 6.07) is 16.9. The first kappa shape index (κ1) is 29.7. The molecule has 0 aromatic heterocycles. The Hall–Kier alpha value is -4.31. The van der Waals surface area contributed by atoms with Gasteiger partial charge in [0.2, 0.25) is 0 Å². The van der Waals surface area contributed by atoms with Gasteiger partial charge in [0, 0.05) is 0 Å². The summed E-state index contributed by atoms with van der Waals surface area (Å²) in [6.45, 7) is 4.92. The van der Waals surface area contributed by atoms with Gasteiger partial charge in [-0.3, -0.25) is 14.9 Å². The fourth-order valence-corrected chi connectivity index (χ4v) is 4.76. The van der Waals surface area contributed by atoms with Crippen molar-refractivity contribution in [3.63, 3.8) is 0 Å². The molecule has 3 aromatic carbocycles. The van der Waals surface area contributed by atoms with E-state index in [2.05, 4.69) is 47.2 Å². The lowest BCUT2D eigenvalue weighted by Gasteiger charge is -2.26. The van der Waals surface area contributed by atoms with Gasteiger partial charge in [0.15, 0.2) is 11.5 Å². The van der Waals surface area contributed by atoms with Crippen LogP contribution in [0.5, 0.6) is 23.0 Å². The average molecular weight is 624 g/mol. The van der Waals surface area contributed by atoms with Crippen LogP contribution in [0.3, 0.4) is 0 Å². The van der Waals surface area contributed by atoms with E-state index in [1.165, 1.54) is 25.9 Å². The lowest BCUT2D eigenvalue weighted by Crippen LogP contribution is -2.54. The van der Waals surface area contributed by atoms with E-state index in [4.69, 9.17) is 18.9 Å². The average Bonchev–Trinajstić information content (AvgIpc) is 2.98. The van der Waals surface area contributed by atoms with Gasteiger partial charge in [-0.05, 0) is 94.0 Å². The number of urea groups is 1. The number of anilines is 1. The maximum atomic E-state index is 13.2. The molecule has 0 aliphatic carbocycles. The van der Waals surface area contributed by atoms with Crippen LogP contribution in [-0.4, -0.2) is 45.3 Å². The quantitative estimate of drug-likeness (QED) is 0.156. The molecule has 1 heterocycles. The lowest BCUT2D eigenvalue weighted by molar-refractivity contribution is -0.122. The van der Waals surface area contributed by atoms with E-state index in [1.807, 2.05) is 12.1 Å². The van der Waals surface area contributed by atoms with E-state index >= 15 is 0 Å². The van der Waals surface area contributed by atoms with E-state index < -0.39 is 17.8 Å². The van der Waals surface area contributed by atoms with E-state index in [-0.39, 0.29) is 12.2 Å². The van der Waals surface area contributed by atoms with Crippen LogP contribution in [0.1, 0.15) is 37.3 Å². The molecule has 1 saturated heterocycles. The summed E-state index contributed by atoms with van der Waals surface area (Å²) in [5.74, 6) is 1.09.